The molecular weight excluding hydrogens is 486 g/mol. The lowest BCUT2D eigenvalue weighted by atomic mass is 9.68. The van der Waals surface area contributed by atoms with Gasteiger partial charge in [-0.1, -0.05) is 19.8 Å². The number of nitrogens with two attached hydrogens (primary N) is 1. The molecule has 1 atom stereocenters. The third-order valence-corrected chi connectivity index (χ3v) is 6.48. The molecule has 0 radical (unpaired) electrons. The highest BCUT2D eigenvalue weighted by Crippen LogP contribution is 2.50. The van der Waals surface area contributed by atoms with Crippen molar-refractivity contribution >= 4 is 21.7 Å². The van der Waals surface area contributed by atoms with Gasteiger partial charge in [-0.05, 0) is 45.5 Å². The maximum absolute atomic E-state index is 13.5. The van der Waals surface area contributed by atoms with Crippen LogP contribution in [-0.4, -0.2) is 44.7 Å². The number of allylic oxidation sites excluding steroid dienone is 3. The van der Waals surface area contributed by atoms with Gasteiger partial charge in [0.2, 0.25) is 0 Å². The normalized spacial score (nSPS) is 19.7. The van der Waals surface area contributed by atoms with Crippen LogP contribution in [0.15, 0.2) is 39.3 Å². The molecule has 1 aromatic rings. The van der Waals surface area contributed by atoms with Gasteiger partial charge in [-0.2, -0.15) is 5.26 Å². The predicted molar refractivity (Wildman–Crippen MR) is 128 cm³/mol. The molecule has 1 aliphatic heterocycles. The summed E-state index contributed by atoms with van der Waals surface area (Å²) in [6.45, 7) is 5.07. The molecule has 0 aromatic heterocycles. The minimum atomic E-state index is -0.612. The van der Waals surface area contributed by atoms with Crippen LogP contribution in [0.25, 0.3) is 0 Å². The smallest absolute Gasteiger partial charge is 0.176 e. The SMILES string of the molecule is C#CCOc1c(Br)cc([C@H]2C(C#N)=C(N)N(CCOC)C3=C2C(=O)CC(C)(C)C3)cc1OC. The maximum atomic E-state index is 13.5. The Morgan fingerprint density at radius 1 is 1.33 bits per heavy atom. The van der Waals surface area contributed by atoms with E-state index in [0.29, 0.717) is 64.5 Å². The Kier molecular flexibility index (Phi) is 7.41. The Labute approximate surface area is 203 Å². The van der Waals surface area contributed by atoms with Crippen LogP contribution >= 0.6 is 15.9 Å². The lowest BCUT2D eigenvalue weighted by Gasteiger charge is -2.43. The molecule has 0 unspecified atom stereocenters. The van der Waals surface area contributed by atoms with Gasteiger partial charge in [0.05, 0.1) is 35.7 Å². The number of hydrogen-bond donors (Lipinski definition) is 1. The number of ether oxygens (including phenoxy) is 3. The zero-order chi connectivity index (χ0) is 24.3. The average molecular weight is 514 g/mol. The fraction of sp³-hybridized carbons (Fsp3) is 0.440. The van der Waals surface area contributed by atoms with Gasteiger partial charge < -0.3 is 24.8 Å². The van der Waals surface area contributed by atoms with Crippen LogP contribution in [0.5, 0.6) is 11.5 Å². The molecule has 1 aromatic carbocycles. The van der Waals surface area contributed by atoms with Gasteiger partial charge in [-0.15, -0.1) is 6.42 Å². The quantitative estimate of drug-likeness (QED) is 0.552. The van der Waals surface area contributed by atoms with Gasteiger partial charge in [0.15, 0.2) is 17.3 Å². The summed E-state index contributed by atoms with van der Waals surface area (Å²) in [6, 6.07) is 5.86. The molecule has 1 heterocycles. The third kappa shape index (κ3) is 4.73. The minimum Gasteiger partial charge on any atom is -0.493 e. The third-order valence-electron chi connectivity index (χ3n) is 5.89. The number of hydrogen-bond acceptors (Lipinski definition) is 7. The lowest BCUT2D eigenvalue weighted by molar-refractivity contribution is -0.118. The summed E-state index contributed by atoms with van der Waals surface area (Å²) in [5.74, 6) is 3.07. The Hall–Kier alpha value is -2.94. The van der Waals surface area contributed by atoms with Crippen LogP contribution in [0.1, 0.15) is 38.2 Å². The highest BCUT2D eigenvalue weighted by atomic mass is 79.9. The van der Waals surface area contributed by atoms with E-state index in [2.05, 4.69) is 41.8 Å². The molecule has 0 amide bonds. The number of methoxy groups -OCH3 is 2. The second-order valence-electron chi connectivity index (χ2n) is 8.82. The zero-order valence-electron chi connectivity index (χ0n) is 19.3. The number of halogens is 1. The fourth-order valence-electron chi connectivity index (χ4n) is 4.51. The van der Waals surface area contributed by atoms with E-state index in [1.54, 1.807) is 13.2 Å². The number of ketones is 1. The zero-order valence-corrected chi connectivity index (χ0v) is 20.9. The topological polar surface area (TPSA) is 97.8 Å². The monoisotopic (exact) mass is 513 g/mol. The van der Waals surface area contributed by atoms with Crippen molar-refractivity contribution in [2.24, 2.45) is 11.1 Å². The predicted octanol–water partition coefficient (Wildman–Crippen LogP) is 3.85. The van der Waals surface area contributed by atoms with Crippen LogP contribution in [0, 0.1) is 29.1 Å². The van der Waals surface area contributed by atoms with E-state index in [1.807, 2.05) is 11.0 Å². The summed E-state index contributed by atoms with van der Waals surface area (Å²) in [6.07, 6.45) is 6.38. The van der Waals surface area contributed by atoms with Crippen molar-refractivity contribution < 1.29 is 19.0 Å². The number of nitrogens with zero attached hydrogens (tertiary/aromatic N) is 2. The number of nitriles is 1. The number of rotatable bonds is 7. The Morgan fingerprint density at radius 2 is 2.06 bits per heavy atom. The molecule has 174 valence electrons. The highest BCUT2D eigenvalue weighted by Gasteiger charge is 2.44. The standard InChI is InChI=1S/C25H28BrN3O4/c1-6-8-33-23-17(26)10-15(11-20(23)32-5)21-16(14-27)24(28)29(7-9-31-4)18-12-25(2,3)13-19(30)22(18)21/h1,10-11,21H,7-9,12-13,28H2,2-5H3/t21-/m0/s1. The summed E-state index contributed by atoms with van der Waals surface area (Å²) in [5.41, 5.74) is 8.79. The van der Waals surface area contributed by atoms with Gasteiger partial charge in [-0.3, -0.25) is 4.79 Å². The number of terminal acetylenes is 1. The average Bonchev–Trinajstić information content (AvgIpc) is 2.75. The summed E-state index contributed by atoms with van der Waals surface area (Å²) < 4.78 is 17.0. The molecule has 0 spiro atoms. The second kappa shape index (κ2) is 9.91. The first-order chi connectivity index (χ1) is 15.7. The second-order valence-corrected chi connectivity index (χ2v) is 9.67. The molecule has 33 heavy (non-hydrogen) atoms. The lowest BCUT2D eigenvalue weighted by Crippen LogP contribution is -2.43. The number of Topliss-reactive ketones (excluding diaryl/α,β-unsaturated/α-hetero) is 1. The summed E-state index contributed by atoms with van der Waals surface area (Å²) in [7, 11) is 3.13. The van der Waals surface area contributed by atoms with Crippen molar-refractivity contribution in [1.29, 1.82) is 5.26 Å². The maximum Gasteiger partial charge on any atom is 0.176 e. The van der Waals surface area contributed by atoms with E-state index in [0.717, 1.165) is 5.70 Å². The van der Waals surface area contributed by atoms with Crippen molar-refractivity contribution in [2.75, 3.05) is 34.0 Å². The van der Waals surface area contributed by atoms with Gasteiger partial charge in [-0.25, -0.2) is 0 Å². The van der Waals surface area contributed by atoms with E-state index in [1.165, 1.54) is 7.11 Å². The van der Waals surface area contributed by atoms with Gasteiger partial charge in [0.25, 0.3) is 0 Å². The number of carbonyl (C=O) groups excluding carboxylic acids is 1. The molecule has 0 fully saturated rings. The van der Waals surface area contributed by atoms with Crippen molar-refractivity contribution in [3.63, 3.8) is 0 Å². The van der Waals surface area contributed by atoms with E-state index in [-0.39, 0.29) is 17.8 Å². The van der Waals surface area contributed by atoms with Gasteiger partial charge in [0, 0.05) is 31.3 Å². The van der Waals surface area contributed by atoms with E-state index in [4.69, 9.17) is 26.4 Å². The van der Waals surface area contributed by atoms with Crippen molar-refractivity contribution in [3.05, 3.63) is 44.8 Å². The molecule has 0 saturated carbocycles. The summed E-state index contributed by atoms with van der Waals surface area (Å²) >= 11 is 3.53. The first kappa shape index (κ1) is 24.7. The highest BCUT2D eigenvalue weighted by molar-refractivity contribution is 9.10. The number of carbonyl (C=O) groups is 1. The van der Waals surface area contributed by atoms with Crippen molar-refractivity contribution in [1.82, 2.24) is 4.90 Å². The van der Waals surface area contributed by atoms with Crippen LogP contribution < -0.4 is 15.2 Å². The first-order valence-corrected chi connectivity index (χ1v) is 11.3. The summed E-state index contributed by atoms with van der Waals surface area (Å²) in [4.78, 5) is 15.3. The van der Waals surface area contributed by atoms with Gasteiger partial charge >= 0.3 is 0 Å². The molecule has 8 heteroatoms. The van der Waals surface area contributed by atoms with Crippen LogP contribution in [0.4, 0.5) is 0 Å². The molecule has 2 aliphatic rings. The van der Waals surface area contributed by atoms with Crippen molar-refractivity contribution in [2.45, 2.75) is 32.6 Å². The molecule has 0 bridgehead atoms. The van der Waals surface area contributed by atoms with E-state index >= 15 is 0 Å². The number of benzene rings is 1. The molecule has 2 N–H and O–H groups in total. The Balaban J connectivity index is 2.24. The fourth-order valence-corrected chi connectivity index (χ4v) is 5.08. The van der Waals surface area contributed by atoms with E-state index < -0.39 is 5.92 Å². The van der Waals surface area contributed by atoms with Crippen LogP contribution in [0.3, 0.4) is 0 Å². The van der Waals surface area contributed by atoms with Crippen LogP contribution in [0.2, 0.25) is 0 Å². The largest absolute Gasteiger partial charge is 0.493 e. The minimum absolute atomic E-state index is 0.0108. The molecule has 1 aliphatic carbocycles. The first-order valence-electron chi connectivity index (χ1n) is 10.5. The molecule has 0 saturated heterocycles. The van der Waals surface area contributed by atoms with E-state index in [9.17, 15) is 10.1 Å². The van der Waals surface area contributed by atoms with Crippen molar-refractivity contribution in [3.8, 4) is 29.9 Å². The Morgan fingerprint density at radius 3 is 2.67 bits per heavy atom. The molecule has 3 rings (SSSR count). The van der Waals surface area contributed by atoms with Gasteiger partial charge in [0.1, 0.15) is 12.4 Å². The molecule has 7 nitrogen and oxygen atoms in total. The van der Waals surface area contributed by atoms with Crippen LogP contribution in [-0.2, 0) is 9.53 Å². The molecular formula is C25H28BrN3O4. The summed E-state index contributed by atoms with van der Waals surface area (Å²) in [5, 5.41) is 10.1. The Bertz CT molecular complexity index is 1110.